The number of carbonyl (C=O) groups is 1. The van der Waals surface area contributed by atoms with Gasteiger partial charge in [-0.25, -0.2) is 14.8 Å². The molecule has 116 valence electrons. The molecule has 1 aromatic heterocycles. The molecule has 1 aliphatic rings. The van der Waals surface area contributed by atoms with E-state index in [0.717, 1.165) is 18.8 Å². The summed E-state index contributed by atoms with van der Waals surface area (Å²) in [6, 6.07) is 1.83. The smallest absolute Gasteiger partial charge is 0.410 e. The van der Waals surface area contributed by atoms with Crippen LogP contribution in [-0.2, 0) is 4.74 Å². The van der Waals surface area contributed by atoms with Crippen molar-refractivity contribution in [3.05, 3.63) is 17.5 Å². The first kappa shape index (κ1) is 15.8. The third-order valence-electron chi connectivity index (χ3n) is 3.08. The van der Waals surface area contributed by atoms with Crippen molar-refractivity contribution in [1.82, 2.24) is 14.9 Å². The van der Waals surface area contributed by atoms with Crippen LogP contribution in [0.3, 0.4) is 0 Å². The molecule has 0 N–H and O–H groups in total. The molecule has 21 heavy (non-hydrogen) atoms. The number of rotatable bonds is 1. The van der Waals surface area contributed by atoms with E-state index in [-0.39, 0.29) is 11.4 Å². The second-order valence-corrected chi connectivity index (χ2v) is 6.33. The van der Waals surface area contributed by atoms with E-state index in [2.05, 4.69) is 14.9 Å². The number of hydrogen-bond donors (Lipinski definition) is 0. The summed E-state index contributed by atoms with van der Waals surface area (Å²) in [4.78, 5) is 24.1. The second kappa shape index (κ2) is 6.47. The summed E-state index contributed by atoms with van der Waals surface area (Å²) >= 11 is 5.82. The maximum Gasteiger partial charge on any atom is 0.410 e. The predicted octanol–water partition coefficient (Wildman–Crippen LogP) is 2.58. The van der Waals surface area contributed by atoms with Gasteiger partial charge in [0.15, 0.2) is 0 Å². The standard InChI is InChI=1S/C14H21ClN4O2/c1-14(2,3)21-13(20)19-8-4-7-18(9-10-19)11-5-6-16-12(15)17-11/h5-6H,4,7-10H2,1-3H3. The van der Waals surface area contributed by atoms with Crippen molar-refractivity contribution < 1.29 is 9.53 Å². The maximum atomic E-state index is 12.1. The molecule has 1 amide bonds. The lowest BCUT2D eigenvalue weighted by molar-refractivity contribution is 0.0263. The Morgan fingerprint density at radius 1 is 1.29 bits per heavy atom. The maximum absolute atomic E-state index is 12.1. The highest BCUT2D eigenvalue weighted by atomic mass is 35.5. The monoisotopic (exact) mass is 312 g/mol. The summed E-state index contributed by atoms with van der Waals surface area (Å²) < 4.78 is 5.41. The molecule has 2 heterocycles. The van der Waals surface area contributed by atoms with Crippen LogP contribution in [0.4, 0.5) is 10.6 Å². The van der Waals surface area contributed by atoms with Crippen LogP contribution in [0, 0.1) is 0 Å². The van der Waals surface area contributed by atoms with E-state index in [9.17, 15) is 4.79 Å². The summed E-state index contributed by atoms with van der Waals surface area (Å²) in [6.07, 6.45) is 2.24. The van der Waals surface area contributed by atoms with Crippen LogP contribution in [0.15, 0.2) is 12.3 Å². The third kappa shape index (κ3) is 4.74. The molecule has 2 rings (SSSR count). The van der Waals surface area contributed by atoms with Gasteiger partial charge in [0.1, 0.15) is 11.4 Å². The minimum absolute atomic E-state index is 0.237. The molecule has 0 saturated carbocycles. The van der Waals surface area contributed by atoms with Crippen LogP contribution in [0.5, 0.6) is 0 Å². The first-order valence-electron chi connectivity index (χ1n) is 7.06. The van der Waals surface area contributed by atoms with Gasteiger partial charge < -0.3 is 14.5 Å². The average molecular weight is 313 g/mol. The van der Waals surface area contributed by atoms with Gasteiger partial charge in [-0.05, 0) is 44.9 Å². The van der Waals surface area contributed by atoms with E-state index in [4.69, 9.17) is 16.3 Å². The number of ether oxygens (including phenoxy) is 1. The molecule has 1 saturated heterocycles. The molecule has 1 fully saturated rings. The van der Waals surface area contributed by atoms with Gasteiger partial charge in [0.05, 0.1) is 0 Å². The Morgan fingerprint density at radius 2 is 2.05 bits per heavy atom. The first-order chi connectivity index (χ1) is 9.85. The highest BCUT2D eigenvalue weighted by Gasteiger charge is 2.24. The normalized spacial score (nSPS) is 16.6. The Balaban J connectivity index is 1.97. The fourth-order valence-electron chi connectivity index (χ4n) is 2.16. The van der Waals surface area contributed by atoms with E-state index in [0.29, 0.717) is 19.6 Å². The summed E-state index contributed by atoms with van der Waals surface area (Å²) in [5.41, 5.74) is -0.469. The molecule has 0 bridgehead atoms. The van der Waals surface area contributed by atoms with Crippen molar-refractivity contribution in [2.24, 2.45) is 0 Å². The van der Waals surface area contributed by atoms with Crippen LogP contribution in [0.1, 0.15) is 27.2 Å². The largest absolute Gasteiger partial charge is 0.444 e. The van der Waals surface area contributed by atoms with Crippen molar-refractivity contribution in [2.45, 2.75) is 32.8 Å². The zero-order chi connectivity index (χ0) is 15.5. The minimum atomic E-state index is -0.469. The average Bonchev–Trinajstić information content (AvgIpc) is 2.62. The van der Waals surface area contributed by atoms with Crippen molar-refractivity contribution in [3.63, 3.8) is 0 Å². The summed E-state index contributed by atoms with van der Waals surface area (Å²) in [6.45, 7) is 8.44. The number of amides is 1. The predicted molar refractivity (Wildman–Crippen MR) is 81.7 cm³/mol. The van der Waals surface area contributed by atoms with Crippen LogP contribution >= 0.6 is 11.6 Å². The van der Waals surface area contributed by atoms with Crippen molar-refractivity contribution in [1.29, 1.82) is 0 Å². The van der Waals surface area contributed by atoms with Crippen LogP contribution < -0.4 is 4.90 Å². The molecular weight excluding hydrogens is 292 g/mol. The van der Waals surface area contributed by atoms with Crippen LogP contribution in [0.2, 0.25) is 5.28 Å². The van der Waals surface area contributed by atoms with E-state index in [1.807, 2.05) is 26.8 Å². The summed E-state index contributed by atoms with van der Waals surface area (Å²) in [7, 11) is 0. The van der Waals surface area contributed by atoms with Gasteiger partial charge in [-0.2, -0.15) is 0 Å². The number of aromatic nitrogens is 2. The number of carbonyl (C=O) groups excluding carboxylic acids is 1. The molecule has 0 spiro atoms. The Labute approximate surface area is 130 Å². The van der Waals surface area contributed by atoms with Crippen LogP contribution in [-0.4, -0.2) is 52.7 Å². The van der Waals surface area contributed by atoms with Gasteiger partial charge in [-0.15, -0.1) is 0 Å². The molecule has 1 aliphatic heterocycles. The van der Waals surface area contributed by atoms with Crippen molar-refractivity contribution in [2.75, 3.05) is 31.1 Å². The molecule has 0 atom stereocenters. The topological polar surface area (TPSA) is 58.6 Å². The van der Waals surface area contributed by atoms with E-state index in [1.165, 1.54) is 0 Å². The Hall–Kier alpha value is -1.56. The van der Waals surface area contributed by atoms with E-state index >= 15 is 0 Å². The third-order valence-corrected chi connectivity index (χ3v) is 3.27. The van der Waals surface area contributed by atoms with Gasteiger partial charge >= 0.3 is 6.09 Å². The SMILES string of the molecule is CC(C)(C)OC(=O)N1CCCN(c2ccnc(Cl)n2)CC1. The van der Waals surface area contributed by atoms with Gasteiger partial charge in [0, 0.05) is 32.4 Å². The zero-order valence-electron chi connectivity index (χ0n) is 12.7. The molecule has 7 heteroatoms. The zero-order valence-corrected chi connectivity index (χ0v) is 13.4. The molecule has 0 radical (unpaired) electrons. The number of hydrogen-bond acceptors (Lipinski definition) is 5. The minimum Gasteiger partial charge on any atom is -0.444 e. The van der Waals surface area contributed by atoms with Crippen molar-refractivity contribution in [3.8, 4) is 0 Å². The van der Waals surface area contributed by atoms with Gasteiger partial charge in [0.25, 0.3) is 0 Å². The quantitative estimate of drug-likeness (QED) is 0.746. The lowest BCUT2D eigenvalue weighted by atomic mass is 10.2. The Bertz CT molecular complexity index is 504. The van der Waals surface area contributed by atoms with Gasteiger partial charge in [-0.3, -0.25) is 0 Å². The molecule has 0 aliphatic carbocycles. The summed E-state index contributed by atoms with van der Waals surface area (Å²) in [5, 5.41) is 0.237. The molecule has 0 unspecified atom stereocenters. The van der Waals surface area contributed by atoms with Gasteiger partial charge in [0.2, 0.25) is 5.28 Å². The number of halogens is 1. The fourth-order valence-corrected chi connectivity index (χ4v) is 2.30. The number of anilines is 1. The number of nitrogens with zero attached hydrogens (tertiary/aromatic N) is 4. The molecular formula is C14H21ClN4O2. The Morgan fingerprint density at radius 3 is 2.71 bits per heavy atom. The highest BCUT2D eigenvalue weighted by Crippen LogP contribution is 2.16. The van der Waals surface area contributed by atoms with Crippen molar-refractivity contribution >= 4 is 23.5 Å². The van der Waals surface area contributed by atoms with E-state index < -0.39 is 5.60 Å². The lowest BCUT2D eigenvalue weighted by Crippen LogP contribution is -2.39. The first-order valence-corrected chi connectivity index (χ1v) is 7.44. The lowest BCUT2D eigenvalue weighted by Gasteiger charge is -2.26. The van der Waals surface area contributed by atoms with Gasteiger partial charge in [-0.1, -0.05) is 0 Å². The molecule has 0 aromatic carbocycles. The molecule has 1 aromatic rings. The second-order valence-electron chi connectivity index (χ2n) is 5.99. The highest BCUT2D eigenvalue weighted by molar-refractivity contribution is 6.28. The Kier molecular flexibility index (Phi) is 4.88. The van der Waals surface area contributed by atoms with Crippen LogP contribution in [0.25, 0.3) is 0 Å². The molecule has 6 nitrogen and oxygen atoms in total. The van der Waals surface area contributed by atoms with E-state index in [1.54, 1.807) is 11.1 Å². The summed E-state index contributed by atoms with van der Waals surface area (Å²) in [5.74, 6) is 0.793. The fraction of sp³-hybridized carbons (Fsp3) is 0.643.